The Morgan fingerprint density at radius 1 is 1.19 bits per heavy atom. The van der Waals surface area contributed by atoms with Crippen molar-refractivity contribution in [3.05, 3.63) is 41.6 Å². The highest BCUT2D eigenvalue weighted by Crippen LogP contribution is 2.39. The summed E-state index contributed by atoms with van der Waals surface area (Å²) < 4.78 is 53.3. The molecule has 4 rings (SSSR count). The van der Waals surface area contributed by atoms with Crippen molar-refractivity contribution in [2.45, 2.75) is 38.2 Å². The van der Waals surface area contributed by atoms with E-state index in [0.717, 1.165) is 11.5 Å². The Balaban J connectivity index is 1.75. The molecule has 4 nitrogen and oxygen atoms in total. The van der Waals surface area contributed by atoms with Gasteiger partial charge in [0.05, 0.1) is 17.3 Å². The van der Waals surface area contributed by atoms with E-state index in [9.17, 15) is 22.7 Å². The van der Waals surface area contributed by atoms with Gasteiger partial charge in [-0.25, -0.2) is 9.37 Å². The van der Waals surface area contributed by atoms with E-state index >= 15 is 0 Å². The van der Waals surface area contributed by atoms with Gasteiger partial charge in [0, 0.05) is 30.0 Å². The second kappa shape index (κ2) is 5.69. The monoisotopic (exact) mass is 365 g/mol. The zero-order valence-electron chi connectivity index (χ0n) is 13.8. The first-order valence-corrected chi connectivity index (χ1v) is 8.13. The first-order valence-electron chi connectivity index (χ1n) is 8.13. The van der Waals surface area contributed by atoms with Crippen LogP contribution in [0.25, 0.3) is 22.3 Å². The van der Waals surface area contributed by atoms with E-state index in [2.05, 4.69) is 10.1 Å². The molecule has 1 aliphatic carbocycles. The quantitative estimate of drug-likeness (QED) is 0.664. The molecule has 0 unspecified atom stereocenters. The maximum Gasteiger partial charge on any atom is 0.416 e. The first kappa shape index (κ1) is 16.8. The molecule has 0 spiro atoms. The van der Waals surface area contributed by atoms with E-state index in [1.54, 1.807) is 23.0 Å². The van der Waals surface area contributed by atoms with Gasteiger partial charge in [-0.2, -0.15) is 18.3 Å². The van der Waals surface area contributed by atoms with Crippen LogP contribution in [0.1, 0.15) is 30.0 Å². The fourth-order valence-corrected chi connectivity index (χ4v) is 3.25. The van der Waals surface area contributed by atoms with Crippen LogP contribution in [0.15, 0.2) is 30.5 Å². The summed E-state index contributed by atoms with van der Waals surface area (Å²) in [6.07, 6.45) is -2.72. The summed E-state index contributed by atoms with van der Waals surface area (Å²) in [5.74, 6) is -0.483. The molecule has 0 amide bonds. The summed E-state index contributed by atoms with van der Waals surface area (Å²) in [6.45, 7) is 1.49. The number of phenols is 1. The fraction of sp³-hybridized carbons (Fsp3) is 0.333. The van der Waals surface area contributed by atoms with E-state index in [0.29, 0.717) is 30.2 Å². The third-order valence-corrected chi connectivity index (χ3v) is 4.71. The van der Waals surface area contributed by atoms with Crippen molar-refractivity contribution in [2.24, 2.45) is 0 Å². The number of aryl methyl sites for hydroxylation is 1. The Bertz CT molecular complexity index is 967. The van der Waals surface area contributed by atoms with E-state index in [1.165, 1.54) is 6.92 Å². The lowest BCUT2D eigenvalue weighted by molar-refractivity contribution is -0.137. The molecule has 26 heavy (non-hydrogen) atoms. The highest BCUT2D eigenvalue weighted by molar-refractivity contribution is 5.80. The second-order valence-electron chi connectivity index (χ2n) is 6.63. The molecule has 1 aromatic carbocycles. The van der Waals surface area contributed by atoms with E-state index in [1.807, 2.05) is 0 Å². The average Bonchev–Trinajstić information content (AvgIpc) is 2.93. The van der Waals surface area contributed by atoms with Gasteiger partial charge in [-0.15, -0.1) is 0 Å². The Labute approximate surface area is 146 Å². The number of fused-ring (bicyclic) bond motifs is 1. The minimum absolute atomic E-state index is 0.00357. The lowest BCUT2D eigenvalue weighted by Crippen LogP contribution is -2.28. The van der Waals surface area contributed by atoms with Crippen molar-refractivity contribution in [2.75, 3.05) is 0 Å². The molecule has 0 atom stereocenters. The average molecular weight is 365 g/mol. The van der Waals surface area contributed by atoms with Crippen LogP contribution >= 0.6 is 0 Å². The molecule has 0 saturated heterocycles. The van der Waals surface area contributed by atoms with Crippen LogP contribution in [0.2, 0.25) is 0 Å². The van der Waals surface area contributed by atoms with Gasteiger partial charge in [0.15, 0.2) is 5.65 Å². The molecule has 2 heterocycles. The Kier molecular flexibility index (Phi) is 3.68. The summed E-state index contributed by atoms with van der Waals surface area (Å²) in [5.41, 5.74) is 0.337. The normalized spacial score (nSPS) is 20.3. The van der Waals surface area contributed by atoms with Crippen LogP contribution in [0.4, 0.5) is 17.6 Å². The van der Waals surface area contributed by atoms with Gasteiger partial charge in [0.1, 0.15) is 11.9 Å². The van der Waals surface area contributed by atoms with Gasteiger partial charge >= 0.3 is 6.18 Å². The number of benzene rings is 1. The number of phenolic OH excluding ortho intramolecular Hbond substituents is 1. The topological polar surface area (TPSA) is 50.9 Å². The molecular formula is C18H15F4N3O. The molecule has 1 saturated carbocycles. The van der Waals surface area contributed by atoms with Crippen LogP contribution in [0, 0.1) is 6.92 Å². The summed E-state index contributed by atoms with van der Waals surface area (Å²) >= 11 is 0. The van der Waals surface area contributed by atoms with Crippen LogP contribution in [0.3, 0.4) is 0 Å². The van der Waals surface area contributed by atoms with Crippen molar-refractivity contribution in [1.82, 2.24) is 14.8 Å². The van der Waals surface area contributed by atoms with Gasteiger partial charge in [-0.1, -0.05) is 0 Å². The summed E-state index contributed by atoms with van der Waals surface area (Å²) in [5, 5.41) is 15.2. The molecule has 0 bridgehead atoms. The number of aromatic nitrogens is 3. The molecule has 8 heteroatoms. The number of hydrogen-bond acceptors (Lipinski definition) is 3. The maximum absolute atomic E-state index is 13.0. The van der Waals surface area contributed by atoms with Gasteiger partial charge < -0.3 is 5.11 Å². The fourth-order valence-electron chi connectivity index (χ4n) is 3.25. The third-order valence-electron chi connectivity index (χ3n) is 4.71. The Morgan fingerprint density at radius 2 is 1.92 bits per heavy atom. The van der Waals surface area contributed by atoms with Crippen molar-refractivity contribution in [3.63, 3.8) is 0 Å². The Morgan fingerprint density at radius 3 is 2.54 bits per heavy atom. The van der Waals surface area contributed by atoms with Crippen LogP contribution in [0.5, 0.6) is 5.75 Å². The molecule has 3 aromatic rings. The minimum Gasteiger partial charge on any atom is -0.507 e. The standard InChI is InChI=1S/C18H15F4N3O/c1-9-4-11(18(20,21)22)5-15(26)16(9)14-3-2-10-8-25(24-17(10)23-14)13-6-12(19)7-13/h2-5,8,12-13,26H,6-7H2,1H3. The number of rotatable bonds is 2. The molecule has 1 aliphatic rings. The number of hydrogen-bond donors (Lipinski definition) is 1. The first-order chi connectivity index (χ1) is 12.2. The molecular weight excluding hydrogens is 350 g/mol. The van der Waals surface area contributed by atoms with Crippen LogP contribution < -0.4 is 0 Å². The summed E-state index contributed by atoms with van der Waals surface area (Å²) in [4.78, 5) is 4.37. The van der Waals surface area contributed by atoms with E-state index in [-0.39, 0.29) is 17.2 Å². The molecule has 1 fully saturated rings. The molecule has 0 aliphatic heterocycles. The van der Waals surface area contributed by atoms with Crippen molar-refractivity contribution >= 4 is 11.0 Å². The lowest BCUT2D eigenvalue weighted by Gasteiger charge is -2.29. The maximum atomic E-state index is 13.0. The zero-order valence-corrected chi connectivity index (χ0v) is 13.8. The minimum atomic E-state index is -4.53. The molecule has 0 radical (unpaired) electrons. The van der Waals surface area contributed by atoms with Gasteiger partial charge in [0.25, 0.3) is 0 Å². The number of alkyl halides is 4. The zero-order chi connectivity index (χ0) is 18.6. The summed E-state index contributed by atoms with van der Waals surface area (Å²) in [6, 6.07) is 5.05. The van der Waals surface area contributed by atoms with Crippen LogP contribution in [-0.4, -0.2) is 26.0 Å². The summed E-state index contributed by atoms with van der Waals surface area (Å²) in [7, 11) is 0. The molecule has 1 N–H and O–H groups in total. The highest BCUT2D eigenvalue weighted by atomic mass is 19.4. The number of halogens is 4. The van der Waals surface area contributed by atoms with Gasteiger partial charge in [-0.3, -0.25) is 4.68 Å². The van der Waals surface area contributed by atoms with E-state index < -0.39 is 23.7 Å². The molecule has 136 valence electrons. The van der Waals surface area contributed by atoms with Crippen molar-refractivity contribution in [1.29, 1.82) is 0 Å². The predicted octanol–water partition coefficient (Wildman–Crippen LogP) is 4.80. The Hall–Kier alpha value is -2.64. The van der Waals surface area contributed by atoms with Crippen molar-refractivity contribution < 1.29 is 22.7 Å². The largest absolute Gasteiger partial charge is 0.507 e. The SMILES string of the molecule is Cc1cc(C(F)(F)F)cc(O)c1-c1ccc2cn(C3CC(F)C3)nc2n1. The van der Waals surface area contributed by atoms with Crippen molar-refractivity contribution in [3.8, 4) is 17.0 Å². The number of nitrogens with zero attached hydrogens (tertiary/aromatic N) is 3. The molecule has 2 aromatic heterocycles. The second-order valence-corrected chi connectivity index (χ2v) is 6.63. The van der Waals surface area contributed by atoms with Gasteiger partial charge in [-0.05, 0) is 36.8 Å². The lowest BCUT2D eigenvalue weighted by atomic mass is 9.91. The smallest absolute Gasteiger partial charge is 0.416 e. The predicted molar refractivity (Wildman–Crippen MR) is 87.5 cm³/mol. The highest BCUT2D eigenvalue weighted by Gasteiger charge is 2.33. The van der Waals surface area contributed by atoms with Crippen LogP contribution in [-0.2, 0) is 6.18 Å². The number of pyridine rings is 1. The number of aromatic hydroxyl groups is 1. The third kappa shape index (κ3) is 2.79. The van der Waals surface area contributed by atoms with Gasteiger partial charge in [0.2, 0.25) is 0 Å². The van der Waals surface area contributed by atoms with E-state index in [4.69, 9.17) is 0 Å².